The second-order valence-electron chi connectivity index (χ2n) is 3.27. The van der Waals surface area contributed by atoms with Crippen LogP contribution in [0.3, 0.4) is 0 Å². The highest BCUT2D eigenvalue weighted by molar-refractivity contribution is 5.86. The molecule has 0 unspecified atom stereocenters. The van der Waals surface area contributed by atoms with Gasteiger partial charge in [-0.25, -0.2) is 14.6 Å². The summed E-state index contributed by atoms with van der Waals surface area (Å²) in [6, 6.07) is 0.131. The zero-order valence-electron chi connectivity index (χ0n) is 9.58. The predicted molar refractivity (Wildman–Crippen MR) is 58.3 cm³/mol. The average Bonchev–Trinajstić information content (AvgIpc) is 2.28. The van der Waals surface area contributed by atoms with Gasteiger partial charge in [0.15, 0.2) is 0 Å². The normalized spacial score (nSPS) is 11.6. The van der Waals surface area contributed by atoms with Crippen LogP contribution in [0.1, 0.15) is 11.1 Å². The quantitative estimate of drug-likeness (QED) is 0.503. The maximum atomic E-state index is 13.4. The lowest BCUT2D eigenvalue weighted by Gasteiger charge is -2.14. The fourth-order valence-electron chi connectivity index (χ4n) is 1.30. The first-order valence-electron chi connectivity index (χ1n) is 4.79. The van der Waals surface area contributed by atoms with Crippen LogP contribution < -0.4 is 15.9 Å². The first kappa shape index (κ1) is 14.7. The van der Waals surface area contributed by atoms with E-state index in [1.54, 1.807) is 5.43 Å². The van der Waals surface area contributed by atoms with Crippen molar-refractivity contribution in [3.63, 3.8) is 0 Å². The summed E-state index contributed by atoms with van der Waals surface area (Å²) >= 11 is 0. The van der Waals surface area contributed by atoms with E-state index in [0.717, 1.165) is 7.11 Å². The number of halogens is 4. The smallest absolute Gasteiger partial charge is 0.419 e. The topological polar surface area (TPSA) is 76.7 Å². The van der Waals surface area contributed by atoms with Gasteiger partial charge in [-0.05, 0) is 12.1 Å². The van der Waals surface area contributed by atoms with Crippen LogP contribution in [0, 0.1) is 5.82 Å². The van der Waals surface area contributed by atoms with Gasteiger partial charge in [-0.15, -0.1) is 0 Å². The van der Waals surface area contributed by atoms with Gasteiger partial charge in [-0.3, -0.25) is 0 Å². The first-order chi connectivity index (χ1) is 8.77. The van der Waals surface area contributed by atoms with E-state index in [2.05, 4.69) is 9.84 Å². The maximum Gasteiger partial charge on any atom is 0.419 e. The Labute approximate surface area is 105 Å². The monoisotopic (exact) mass is 279 g/mol. The van der Waals surface area contributed by atoms with Gasteiger partial charge < -0.3 is 10.5 Å². The number of nitrogens with two attached hydrogens (primary N) is 1. The number of hydrogen-bond acceptors (Lipinski definition) is 3. The molecule has 104 valence electrons. The molecule has 1 rings (SSSR count). The predicted octanol–water partition coefficient (Wildman–Crippen LogP) is 1.86. The summed E-state index contributed by atoms with van der Waals surface area (Å²) in [6.07, 6.45) is -4.03. The lowest BCUT2D eigenvalue weighted by Crippen LogP contribution is -2.24. The number of amides is 2. The standard InChI is InChI=1S/C10H9F4N3O2/c1-19-8-5(4-16-17-9(15)18)7(11)3-2-6(8)10(12,13)14/h2-4H,1H3,(H3,15,17,18). The Balaban J connectivity index is 3.29. The number of methoxy groups -OCH3 is 1. The number of nitrogens with one attached hydrogen (secondary N) is 1. The Bertz CT molecular complexity index is 514. The number of primary amides is 1. The lowest BCUT2D eigenvalue weighted by molar-refractivity contribution is -0.138. The van der Waals surface area contributed by atoms with Crippen LogP contribution in [0.2, 0.25) is 0 Å². The van der Waals surface area contributed by atoms with Crippen LogP contribution in [0.25, 0.3) is 0 Å². The second-order valence-corrected chi connectivity index (χ2v) is 3.27. The van der Waals surface area contributed by atoms with Crippen LogP contribution in [0.5, 0.6) is 5.75 Å². The Morgan fingerprint density at radius 3 is 2.58 bits per heavy atom. The number of carbonyl (C=O) groups is 1. The minimum Gasteiger partial charge on any atom is -0.495 e. The van der Waals surface area contributed by atoms with E-state index >= 15 is 0 Å². The maximum absolute atomic E-state index is 13.4. The molecule has 9 heteroatoms. The third-order valence-corrected chi connectivity index (χ3v) is 2.02. The van der Waals surface area contributed by atoms with Gasteiger partial charge in [0.25, 0.3) is 0 Å². The molecule has 0 fully saturated rings. The first-order valence-corrected chi connectivity index (χ1v) is 4.79. The minimum atomic E-state index is -4.71. The molecule has 1 aromatic rings. The molecule has 0 saturated heterocycles. The summed E-state index contributed by atoms with van der Waals surface area (Å²) in [6.45, 7) is 0. The van der Waals surface area contributed by atoms with Crippen molar-refractivity contribution < 1.29 is 27.1 Å². The molecule has 3 N–H and O–H groups in total. The molecular formula is C10H9F4N3O2. The summed E-state index contributed by atoms with van der Waals surface area (Å²) < 4.78 is 56.0. The van der Waals surface area contributed by atoms with E-state index < -0.39 is 34.9 Å². The second kappa shape index (κ2) is 5.55. The molecule has 0 spiro atoms. The summed E-state index contributed by atoms with van der Waals surface area (Å²) in [5, 5.41) is 3.20. The molecule has 0 heterocycles. The molecule has 0 saturated carbocycles. The van der Waals surface area contributed by atoms with E-state index in [9.17, 15) is 22.4 Å². The highest BCUT2D eigenvalue weighted by atomic mass is 19.4. The van der Waals surface area contributed by atoms with Crippen LogP contribution in [-0.4, -0.2) is 19.4 Å². The fraction of sp³-hybridized carbons (Fsp3) is 0.200. The molecule has 0 radical (unpaired) electrons. The van der Waals surface area contributed by atoms with Gasteiger partial charge in [0, 0.05) is 0 Å². The van der Waals surface area contributed by atoms with E-state index in [1.807, 2.05) is 0 Å². The lowest BCUT2D eigenvalue weighted by atomic mass is 10.1. The average molecular weight is 279 g/mol. The van der Waals surface area contributed by atoms with Crippen molar-refractivity contribution in [1.82, 2.24) is 5.43 Å². The third kappa shape index (κ3) is 3.57. The van der Waals surface area contributed by atoms with Crippen molar-refractivity contribution in [2.45, 2.75) is 6.18 Å². The van der Waals surface area contributed by atoms with Crippen molar-refractivity contribution in [1.29, 1.82) is 0 Å². The number of carbonyl (C=O) groups excluding carboxylic acids is 1. The molecule has 2 amide bonds. The molecule has 0 bridgehead atoms. The SMILES string of the molecule is COc1c(C(F)(F)F)ccc(F)c1C=NNC(N)=O. The number of ether oxygens (including phenoxy) is 1. The highest BCUT2D eigenvalue weighted by Gasteiger charge is 2.35. The van der Waals surface area contributed by atoms with Gasteiger partial charge in [-0.1, -0.05) is 0 Å². The van der Waals surface area contributed by atoms with Gasteiger partial charge in [-0.2, -0.15) is 18.3 Å². The molecular weight excluding hydrogens is 270 g/mol. The van der Waals surface area contributed by atoms with Gasteiger partial charge >= 0.3 is 12.2 Å². The number of urea groups is 1. The fourth-order valence-corrected chi connectivity index (χ4v) is 1.30. The highest BCUT2D eigenvalue weighted by Crippen LogP contribution is 2.38. The van der Waals surface area contributed by atoms with Gasteiger partial charge in [0.2, 0.25) is 0 Å². The number of nitrogens with zero attached hydrogens (tertiary/aromatic N) is 1. The Hall–Kier alpha value is -2.32. The zero-order chi connectivity index (χ0) is 14.6. The van der Waals surface area contributed by atoms with Crippen molar-refractivity contribution in [3.05, 3.63) is 29.1 Å². The number of benzene rings is 1. The van der Waals surface area contributed by atoms with Crippen molar-refractivity contribution in [2.75, 3.05) is 7.11 Å². The van der Waals surface area contributed by atoms with Crippen LogP contribution in [-0.2, 0) is 6.18 Å². The summed E-state index contributed by atoms with van der Waals surface area (Å²) in [5.41, 5.74) is 4.73. The van der Waals surface area contributed by atoms with Crippen molar-refractivity contribution in [2.24, 2.45) is 10.8 Å². The molecule has 0 aliphatic heterocycles. The number of hydrazone groups is 1. The molecule has 0 atom stereocenters. The zero-order valence-corrected chi connectivity index (χ0v) is 9.58. The Morgan fingerprint density at radius 2 is 2.11 bits per heavy atom. The van der Waals surface area contributed by atoms with Crippen LogP contribution in [0.15, 0.2) is 17.2 Å². The largest absolute Gasteiger partial charge is 0.495 e. The Kier molecular flexibility index (Phi) is 4.30. The molecule has 1 aromatic carbocycles. The summed E-state index contributed by atoms with van der Waals surface area (Å²) in [7, 11) is 0.961. The van der Waals surface area contributed by atoms with Crippen LogP contribution >= 0.6 is 0 Å². The van der Waals surface area contributed by atoms with E-state index in [-0.39, 0.29) is 0 Å². The van der Waals surface area contributed by atoms with Crippen molar-refractivity contribution >= 4 is 12.2 Å². The van der Waals surface area contributed by atoms with E-state index in [4.69, 9.17) is 5.73 Å². The number of hydrogen-bond donors (Lipinski definition) is 2. The Morgan fingerprint density at radius 1 is 1.47 bits per heavy atom. The van der Waals surface area contributed by atoms with Crippen molar-refractivity contribution in [3.8, 4) is 5.75 Å². The molecule has 19 heavy (non-hydrogen) atoms. The molecule has 0 aliphatic carbocycles. The van der Waals surface area contributed by atoms with Crippen LogP contribution in [0.4, 0.5) is 22.4 Å². The molecule has 0 aromatic heterocycles. The minimum absolute atomic E-state index is 0.549. The summed E-state index contributed by atoms with van der Waals surface area (Å²) in [4.78, 5) is 10.3. The number of rotatable bonds is 3. The number of alkyl halides is 3. The summed E-state index contributed by atoms with van der Waals surface area (Å²) in [5.74, 6) is -1.72. The van der Waals surface area contributed by atoms with E-state index in [1.165, 1.54) is 0 Å². The molecule has 0 aliphatic rings. The van der Waals surface area contributed by atoms with E-state index in [0.29, 0.717) is 18.3 Å². The van der Waals surface area contributed by atoms with Gasteiger partial charge in [0.05, 0.1) is 24.5 Å². The van der Waals surface area contributed by atoms with Gasteiger partial charge in [0.1, 0.15) is 11.6 Å². The molecule has 5 nitrogen and oxygen atoms in total. The third-order valence-electron chi connectivity index (χ3n) is 2.02.